The third-order valence-corrected chi connectivity index (χ3v) is 5.97. The minimum absolute atomic E-state index is 0.0312. The maximum Gasteiger partial charge on any atom is 0.264 e. The van der Waals surface area contributed by atoms with Crippen LogP contribution in [0.1, 0.15) is 10.4 Å². The number of carbonyl (C=O) groups excluding carboxylic acids is 1. The first-order valence-corrected chi connectivity index (χ1v) is 9.90. The summed E-state index contributed by atoms with van der Waals surface area (Å²) in [5, 5.41) is 12.3. The molecule has 2 aromatic carbocycles. The van der Waals surface area contributed by atoms with Crippen LogP contribution in [0.4, 0.5) is 11.5 Å². The van der Waals surface area contributed by atoms with Crippen molar-refractivity contribution in [1.29, 1.82) is 0 Å². The molecule has 144 valence electrons. The number of hydrogen-bond acceptors (Lipinski definition) is 5. The monoisotopic (exact) mass is 417 g/mol. The lowest BCUT2D eigenvalue weighted by Gasteiger charge is -2.20. The van der Waals surface area contributed by atoms with Gasteiger partial charge < -0.3 is 10.4 Å². The normalized spacial score (nSPS) is 11.1. The third kappa shape index (κ3) is 4.24. The first-order valence-electron chi connectivity index (χ1n) is 8.08. The second-order valence-corrected chi connectivity index (χ2v) is 8.24. The van der Waals surface area contributed by atoms with Gasteiger partial charge in [0, 0.05) is 17.6 Å². The van der Waals surface area contributed by atoms with Crippen molar-refractivity contribution in [3.63, 3.8) is 0 Å². The first-order chi connectivity index (χ1) is 13.3. The molecule has 0 aliphatic rings. The number of hydrogen-bond donors (Lipinski definition) is 2. The number of anilines is 2. The molecule has 0 fully saturated rings. The summed E-state index contributed by atoms with van der Waals surface area (Å²) in [6.45, 7) is 0. The SMILES string of the molecule is CN(c1ccc(Cl)cc1)S(=O)(=O)c1cccc(C(=O)Nc2ccc(O)cn2)c1. The number of halogens is 1. The molecule has 0 saturated heterocycles. The van der Waals surface area contributed by atoms with Gasteiger partial charge in [0.2, 0.25) is 0 Å². The van der Waals surface area contributed by atoms with E-state index in [1.54, 1.807) is 24.3 Å². The molecule has 1 amide bonds. The van der Waals surface area contributed by atoms with Crippen LogP contribution in [-0.2, 0) is 10.0 Å². The number of amides is 1. The van der Waals surface area contributed by atoms with E-state index >= 15 is 0 Å². The summed E-state index contributed by atoms with van der Waals surface area (Å²) in [6, 6.07) is 14.9. The third-order valence-electron chi connectivity index (χ3n) is 3.93. The highest BCUT2D eigenvalue weighted by Crippen LogP contribution is 2.24. The quantitative estimate of drug-likeness (QED) is 0.661. The van der Waals surface area contributed by atoms with Crippen LogP contribution < -0.4 is 9.62 Å². The average Bonchev–Trinajstić information content (AvgIpc) is 2.70. The van der Waals surface area contributed by atoms with Crippen LogP contribution in [0.3, 0.4) is 0 Å². The molecule has 2 N–H and O–H groups in total. The van der Waals surface area contributed by atoms with Crippen molar-refractivity contribution in [3.8, 4) is 5.75 Å². The highest BCUT2D eigenvalue weighted by Gasteiger charge is 2.22. The van der Waals surface area contributed by atoms with E-state index in [9.17, 15) is 18.3 Å². The van der Waals surface area contributed by atoms with E-state index in [2.05, 4.69) is 10.3 Å². The van der Waals surface area contributed by atoms with Gasteiger partial charge in [-0.25, -0.2) is 13.4 Å². The van der Waals surface area contributed by atoms with Crippen molar-refractivity contribution in [2.24, 2.45) is 0 Å². The molecule has 3 rings (SSSR count). The van der Waals surface area contributed by atoms with E-state index in [0.717, 1.165) is 4.31 Å². The molecule has 0 aliphatic heterocycles. The zero-order valence-corrected chi connectivity index (χ0v) is 16.3. The van der Waals surface area contributed by atoms with Gasteiger partial charge >= 0.3 is 0 Å². The van der Waals surface area contributed by atoms with Crippen molar-refractivity contribution in [2.45, 2.75) is 4.90 Å². The fourth-order valence-electron chi connectivity index (χ4n) is 2.39. The number of aromatic nitrogens is 1. The van der Waals surface area contributed by atoms with Crippen LogP contribution in [0.15, 0.2) is 71.8 Å². The largest absolute Gasteiger partial charge is 0.506 e. The Balaban J connectivity index is 1.86. The Labute approximate surface area is 167 Å². The number of aromatic hydroxyl groups is 1. The molecule has 7 nitrogen and oxygen atoms in total. The molecular weight excluding hydrogens is 402 g/mol. The van der Waals surface area contributed by atoms with Crippen molar-refractivity contribution < 1.29 is 18.3 Å². The van der Waals surface area contributed by atoms with Crippen LogP contribution in [-0.4, -0.2) is 31.5 Å². The number of benzene rings is 2. The number of sulfonamides is 1. The summed E-state index contributed by atoms with van der Waals surface area (Å²) in [5.41, 5.74) is 0.591. The van der Waals surface area contributed by atoms with Crippen molar-refractivity contribution in [1.82, 2.24) is 4.98 Å². The molecule has 0 bridgehead atoms. The molecule has 0 saturated carbocycles. The number of carbonyl (C=O) groups is 1. The second kappa shape index (κ2) is 7.87. The van der Waals surface area contributed by atoms with E-state index < -0.39 is 15.9 Å². The summed E-state index contributed by atoms with van der Waals surface area (Å²) in [7, 11) is -2.46. The molecule has 9 heteroatoms. The average molecular weight is 418 g/mol. The molecule has 1 aromatic heterocycles. The molecule has 1 heterocycles. The Morgan fingerprint density at radius 2 is 1.82 bits per heavy atom. The van der Waals surface area contributed by atoms with Gasteiger partial charge in [-0.3, -0.25) is 9.10 Å². The summed E-state index contributed by atoms with van der Waals surface area (Å²) in [5.74, 6) is -0.324. The van der Waals surface area contributed by atoms with Crippen molar-refractivity contribution in [2.75, 3.05) is 16.7 Å². The van der Waals surface area contributed by atoms with Crippen LogP contribution in [0.2, 0.25) is 5.02 Å². The van der Waals surface area contributed by atoms with Crippen LogP contribution in [0.25, 0.3) is 0 Å². The van der Waals surface area contributed by atoms with Gasteiger partial charge in [-0.2, -0.15) is 0 Å². The Morgan fingerprint density at radius 1 is 1.11 bits per heavy atom. The number of nitrogens with one attached hydrogen (secondary N) is 1. The van der Waals surface area contributed by atoms with Crippen molar-refractivity contribution in [3.05, 3.63) is 77.4 Å². The molecule has 0 atom stereocenters. The molecular formula is C19H16ClN3O4S. The Hall–Kier alpha value is -3.10. The van der Waals surface area contributed by atoms with E-state index in [0.29, 0.717) is 10.7 Å². The van der Waals surface area contributed by atoms with Gasteiger partial charge in [0.15, 0.2) is 0 Å². The zero-order chi connectivity index (χ0) is 20.3. The molecule has 0 radical (unpaired) electrons. The van der Waals surface area contributed by atoms with Gasteiger partial charge in [-0.15, -0.1) is 0 Å². The number of nitrogens with zero attached hydrogens (tertiary/aromatic N) is 2. The fourth-order valence-corrected chi connectivity index (χ4v) is 3.76. The lowest BCUT2D eigenvalue weighted by atomic mass is 10.2. The van der Waals surface area contributed by atoms with Gasteiger partial charge in [-0.05, 0) is 54.6 Å². The molecule has 3 aromatic rings. The second-order valence-electron chi connectivity index (χ2n) is 5.83. The van der Waals surface area contributed by atoms with E-state index in [4.69, 9.17) is 11.6 Å². The van der Waals surface area contributed by atoms with E-state index in [1.165, 1.54) is 49.6 Å². The predicted octanol–water partition coefficient (Wildman–Crippen LogP) is 3.52. The maximum atomic E-state index is 12.9. The lowest BCUT2D eigenvalue weighted by molar-refractivity contribution is 0.102. The summed E-state index contributed by atoms with van der Waals surface area (Å²) < 4.78 is 26.9. The maximum absolute atomic E-state index is 12.9. The summed E-state index contributed by atoms with van der Waals surface area (Å²) in [6.07, 6.45) is 1.19. The van der Waals surface area contributed by atoms with Crippen molar-refractivity contribution >= 4 is 39.0 Å². The molecule has 0 unspecified atom stereocenters. The zero-order valence-electron chi connectivity index (χ0n) is 14.7. The van der Waals surface area contributed by atoms with E-state index in [1.807, 2.05) is 0 Å². The van der Waals surface area contributed by atoms with Crippen LogP contribution >= 0.6 is 11.6 Å². The molecule has 0 spiro atoms. The van der Waals surface area contributed by atoms with E-state index in [-0.39, 0.29) is 22.0 Å². The Bertz CT molecular complexity index is 1100. The topological polar surface area (TPSA) is 99.6 Å². The number of pyridine rings is 1. The van der Waals surface area contributed by atoms with Crippen LogP contribution in [0, 0.1) is 0 Å². The fraction of sp³-hybridized carbons (Fsp3) is 0.0526. The highest BCUT2D eigenvalue weighted by atomic mass is 35.5. The summed E-state index contributed by atoms with van der Waals surface area (Å²) >= 11 is 5.85. The first kappa shape index (κ1) is 19.7. The number of rotatable bonds is 5. The highest BCUT2D eigenvalue weighted by molar-refractivity contribution is 7.92. The lowest BCUT2D eigenvalue weighted by Crippen LogP contribution is -2.26. The van der Waals surface area contributed by atoms with Gasteiger partial charge in [0.05, 0.1) is 16.8 Å². The standard InChI is InChI=1S/C19H16ClN3O4S/c1-23(15-7-5-14(20)6-8-15)28(26,27)17-4-2-3-13(11-17)19(25)22-18-10-9-16(24)12-21-18/h2-12,24H,1H3,(H,21,22,25). The van der Waals surface area contributed by atoms with Gasteiger partial charge in [-0.1, -0.05) is 17.7 Å². The van der Waals surface area contributed by atoms with Gasteiger partial charge in [0.1, 0.15) is 11.6 Å². The minimum atomic E-state index is -3.88. The summed E-state index contributed by atoms with van der Waals surface area (Å²) in [4.78, 5) is 16.3. The molecule has 0 aliphatic carbocycles. The Kier molecular flexibility index (Phi) is 5.53. The Morgan fingerprint density at radius 3 is 2.46 bits per heavy atom. The minimum Gasteiger partial charge on any atom is -0.506 e. The smallest absolute Gasteiger partial charge is 0.264 e. The van der Waals surface area contributed by atoms with Gasteiger partial charge in [0.25, 0.3) is 15.9 Å². The van der Waals surface area contributed by atoms with Crippen LogP contribution in [0.5, 0.6) is 5.75 Å². The molecule has 28 heavy (non-hydrogen) atoms. The predicted molar refractivity (Wildman–Crippen MR) is 107 cm³/mol.